The van der Waals surface area contributed by atoms with Crippen LogP contribution in [0.5, 0.6) is 17.2 Å². The fourth-order valence-corrected chi connectivity index (χ4v) is 5.03. The molecule has 1 fully saturated rings. The Morgan fingerprint density at radius 2 is 1.82 bits per heavy atom. The van der Waals surface area contributed by atoms with Crippen molar-refractivity contribution in [1.82, 2.24) is 9.47 Å². The highest BCUT2D eigenvalue weighted by Crippen LogP contribution is 2.49. The maximum atomic E-state index is 13.3. The molecule has 1 amide bonds. The van der Waals surface area contributed by atoms with E-state index in [4.69, 9.17) is 18.9 Å². The lowest BCUT2D eigenvalue weighted by Gasteiger charge is -2.44. The van der Waals surface area contributed by atoms with Crippen LogP contribution in [0.2, 0.25) is 0 Å². The lowest BCUT2D eigenvalue weighted by Crippen LogP contribution is -2.49. The normalized spacial score (nSPS) is 15.9. The zero-order valence-electron chi connectivity index (χ0n) is 19.9. The number of carbonyl (C=O) groups excluding carboxylic acids is 1. The van der Waals surface area contributed by atoms with Gasteiger partial charge < -0.3 is 28.4 Å². The van der Waals surface area contributed by atoms with Crippen molar-refractivity contribution in [3.63, 3.8) is 0 Å². The molecule has 2 aliphatic heterocycles. The first-order valence-corrected chi connectivity index (χ1v) is 11.6. The molecule has 7 nitrogen and oxygen atoms in total. The first-order chi connectivity index (χ1) is 16.6. The van der Waals surface area contributed by atoms with Gasteiger partial charge in [-0.05, 0) is 36.4 Å². The maximum absolute atomic E-state index is 13.3. The Balaban J connectivity index is 1.33. The first-order valence-electron chi connectivity index (χ1n) is 11.6. The number of carbonyl (C=O) groups is 1. The van der Waals surface area contributed by atoms with Gasteiger partial charge in [0.25, 0.3) is 5.91 Å². The van der Waals surface area contributed by atoms with Crippen LogP contribution in [0.1, 0.15) is 28.8 Å². The van der Waals surface area contributed by atoms with Gasteiger partial charge in [0.05, 0.1) is 19.4 Å². The van der Waals surface area contributed by atoms with E-state index < -0.39 is 5.60 Å². The number of nitrogens with zero attached hydrogens (tertiary/aromatic N) is 2. The molecule has 0 saturated carbocycles. The van der Waals surface area contributed by atoms with Crippen molar-refractivity contribution in [2.45, 2.75) is 18.4 Å². The van der Waals surface area contributed by atoms with E-state index in [1.165, 1.54) is 11.3 Å². The van der Waals surface area contributed by atoms with E-state index in [1.54, 1.807) is 32.4 Å². The predicted octanol–water partition coefficient (Wildman–Crippen LogP) is 4.25. The molecule has 3 aromatic rings. The number of hydrogen-bond donors (Lipinski definition) is 0. The molecular formula is C27H30N2O5. The molecule has 2 aromatic carbocycles. The monoisotopic (exact) mass is 462 g/mol. The van der Waals surface area contributed by atoms with Gasteiger partial charge in [0.2, 0.25) is 0 Å². The molecule has 34 heavy (non-hydrogen) atoms. The summed E-state index contributed by atoms with van der Waals surface area (Å²) in [6.07, 6.45) is 3.57. The minimum Gasteiger partial charge on any atom is -0.493 e. The van der Waals surface area contributed by atoms with Crippen LogP contribution >= 0.6 is 0 Å². The Morgan fingerprint density at radius 3 is 2.59 bits per heavy atom. The lowest BCUT2D eigenvalue weighted by molar-refractivity contribution is -0.00169. The molecule has 0 radical (unpaired) electrons. The Hall–Kier alpha value is -3.45. The summed E-state index contributed by atoms with van der Waals surface area (Å²) in [5.41, 5.74) is 3.70. The molecule has 0 N–H and O–H groups in total. The van der Waals surface area contributed by atoms with E-state index in [-0.39, 0.29) is 5.91 Å². The number of para-hydroxylation sites is 1. The van der Waals surface area contributed by atoms with Crippen LogP contribution in [0.3, 0.4) is 0 Å². The van der Waals surface area contributed by atoms with E-state index in [0.29, 0.717) is 43.4 Å². The third-order valence-electron chi connectivity index (χ3n) is 6.82. The molecule has 3 heterocycles. The van der Waals surface area contributed by atoms with Crippen LogP contribution < -0.4 is 14.2 Å². The highest BCUT2D eigenvalue weighted by Gasteiger charge is 2.45. The highest BCUT2D eigenvalue weighted by atomic mass is 16.5. The van der Waals surface area contributed by atoms with Gasteiger partial charge in [-0.25, -0.2) is 0 Å². The van der Waals surface area contributed by atoms with Crippen molar-refractivity contribution < 1.29 is 23.7 Å². The van der Waals surface area contributed by atoms with Crippen LogP contribution in [0.15, 0.2) is 54.7 Å². The van der Waals surface area contributed by atoms with Crippen molar-refractivity contribution in [3.05, 3.63) is 65.9 Å². The standard InChI is InChI=1S/C27H30N2O5/c1-28-13-10-21-25(28)20-6-4-5-7-22(20)34-27(21)11-14-29(15-12-27)26(30)19-8-9-23(24(18-19)32-3)33-17-16-31-2/h4-10,13,18H,11-12,14-17H2,1-3H3. The molecule has 2 aliphatic rings. The summed E-state index contributed by atoms with van der Waals surface area (Å²) in [7, 11) is 5.28. The van der Waals surface area contributed by atoms with E-state index in [9.17, 15) is 4.79 Å². The number of fused-ring (bicyclic) bond motifs is 4. The molecule has 178 valence electrons. The minimum absolute atomic E-state index is 0.0129. The molecule has 0 aliphatic carbocycles. The summed E-state index contributed by atoms with van der Waals surface area (Å²) in [4.78, 5) is 15.2. The number of ether oxygens (including phenoxy) is 4. The van der Waals surface area contributed by atoms with Gasteiger partial charge >= 0.3 is 0 Å². The van der Waals surface area contributed by atoms with Crippen molar-refractivity contribution in [3.8, 4) is 28.5 Å². The van der Waals surface area contributed by atoms with E-state index in [2.05, 4.69) is 29.9 Å². The average molecular weight is 463 g/mol. The van der Waals surface area contributed by atoms with Gasteiger partial charge in [-0.3, -0.25) is 4.79 Å². The number of hydrogen-bond acceptors (Lipinski definition) is 5. The van der Waals surface area contributed by atoms with Gasteiger partial charge in [0.15, 0.2) is 11.5 Å². The van der Waals surface area contributed by atoms with E-state index >= 15 is 0 Å². The van der Waals surface area contributed by atoms with Gasteiger partial charge in [-0.2, -0.15) is 0 Å². The van der Waals surface area contributed by atoms with Crippen LogP contribution in [-0.4, -0.2) is 55.9 Å². The number of rotatable bonds is 6. The van der Waals surface area contributed by atoms with Crippen LogP contribution in [0.4, 0.5) is 0 Å². The Morgan fingerprint density at radius 1 is 1.03 bits per heavy atom. The number of aryl methyl sites for hydroxylation is 1. The third-order valence-corrected chi connectivity index (χ3v) is 6.82. The molecule has 0 unspecified atom stereocenters. The summed E-state index contributed by atoms with van der Waals surface area (Å²) < 4.78 is 25.0. The summed E-state index contributed by atoms with van der Waals surface area (Å²) in [6, 6.07) is 15.7. The molecule has 7 heteroatoms. The zero-order chi connectivity index (χ0) is 23.7. The fourth-order valence-electron chi connectivity index (χ4n) is 5.03. The quantitative estimate of drug-likeness (QED) is 0.513. The molecule has 1 aromatic heterocycles. The van der Waals surface area contributed by atoms with Crippen LogP contribution in [0.25, 0.3) is 11.3 Å². The molecule has 1 spiro atoms. The molecule has 0 atom stereocenters. The maximum Gasteiger partial charge on any atom is 0.253 e. The second-order valence-corrected chi connectivity index (χ2v) is 8.78. The van der Waals surface area contributed by atoms with Gasteiger partial charge in [0, 0.05) is 63.0 Å². The smallest absolute Gasteiger partial charge is 0.253 e. The van der Waals surface area contributed by atoms with E-state index in [0.717, 1.165) is 24.2 Å². The third kappa shape index (κ3) is 3.80. The van der Waals surface area contributed by atoms with E-state index in [1.807, 2.05) is 23.1 Å². The number of aromatic nitrogens is 1. The van der Waals surface area contributed by atoms with Crippen molar-refractivity contribution in [1.29, 1.82) is 0 Å². The highest BCUT2D eigenvalue weighted by molar-refractivity contribution is 5.95. The van der Waals surface area contributed by atoms with Crippen molar-refractivity contribution >= 4 is 5.91 Å². The average Bonchev–Trinajstić information content (AvgIpc) is 3.27. The number of methoxy groups -OCH3 is 2. The summed E-state index contributed by atoms with van der Waals surface area (Å²) in [5, 5.41) is 0. The second kappa shape index (κ2) is 9.06. The Kier molecular flexibility index (Phi) is 5.96. The van der Waals surface area contributed by atoms with Crippen molar-refractivity contribution in [2.75, 3.05) is 40.5 Å². The summed E-state index contributed by atoms with van der Waals surface area (Å²) >= 11 is 0. The van der Waals surface area contributed by atoms with Gasteiger partial charge in [-0.15, -0.1) is 0 Å². The van der Waals surface area contributed by atoms with Gasteiger partial charge in [-0.1, -0.05) is 12.1 Å². The second-order valence-electron chi connectivity index (χ2n) is 8.78. The number of benzene rings is 2. The fraction of sp³-hybridized carbons (Fsp3) is 0.370. The van der Waals surface area contributed by atoms with Crippen LogP contribution in [-0.2, 0) is 17.4 Å². The largest absolute Gasteiger partial charge is 0.493 e. The number of amides is 1. The molecule has 1 saturated heterocycles. The molecular weight excluding hydrogens is 432 g/mol. The SMILES string of the molecule is COCCOc1ccc(C(=O)N2CCC3(CC2)Oc2ccccc2-c2c3ccn2C)cc1OC. The summed E-state index contributed by atoms with van der Waals surface area (Å²) in [5.74, 6) is 2.03. The van der Waals surface area contributed by atoms with Gasteiger partial charge in [0.1, 0.15) is 18.0 Å². The minimum atomic E-state index is -0.418. The number of likely N-dealkylation sites (tertiary alicyclic amines) is 1. The first kappa shape index (κ1) is 22.3. The lowest BCUT2D eigenvalue weighted by atomic mass is 9.80. The molecule has 5 rings (SSSR count). The predicted molar refractivity (Wildman–Crippen MR) is 129 cm³/mol. The van der Waals surface area contributed by atoms with Crippen molar-refractivity contribution in [2.24, 2.45) is 7.05 Å². The zero-order valence-corrected chi connectivity index (χ0v) is 19.9. The topological polar surface area (TPSA) is 62.2 Å². The Labute approximate surface area is 199 Å². The van der Waals surface area contributed by atoms with Crippen LogP contribution in [0, 0.1) is 0 Å². The number of piperidine rings is 1. The summed E-state index contributed by atoms with van der Waals surface area (Å²) in [6.45, 7) is 2.13. The Bertz CT molecular complexity index is 1190. The molecule has 0 bridgehead atoms.